The van der Waals surface area contributed by atoms with E-state index in [2.05, 4.69) is 43.4 Å². The van der Waals surface area contributed by atoms with Crippen LogP contribution in [0.2, 0.25) is 0 Å². The Balaban J connectivity index is 2.73. The van der Waals surface area contributed by atoms with Crippen LogP contribution in [0.15, 0.2) is 24.3 Å². The molecule has 0 spiro atoms. The third kappa shape index (κ3) is 2.83. The van der Waals surface area contributed by atoms with E-state index in [9.17, 15) is 0 Å². The first-order valence-corrected chi connectivity index (χ1v) is 4.78. The molecular formula is C11H18N2. The summed E-state index contributed by atoms with van der Waals surface area (Å²) in [4.78, 5) is 0. The van der Waals surface area contributed by atoms with Gasteiger partial charge in [0.15, 0.2) is 0 Å². The Morgan fingerprint density at radius 2 is 1.92 bits per heavy atom. The number of likely N-dealkylation sites (N-methyl/N-ethyl adjacent to an activating group) is 1. The topological polar surface area (TPSA) is 38.0 Å². The number of nitrogens with one attached hydrogen (secondary N) is 1. The Morgan fingerprint density at radius 1 is 1.31 bits per heavy atom. The van der Waals surface area contributed by atoms with E-state index in [1.165, 1.54) is 11.1 Å². The number of nitrogens with two attached hydrogens (primary N) is 1. The molecule has 2 heteroatoms. The molecule has 72 valence electrons. The fourth-order valence-corrected chi connectivity index (χ4v) is 1.38. The molecule has 0 radical (unpaired) electrons. The van der Waals surface area contributed by atoms with Gasteiger partial charge >= 0.3 is 0 Å². The molecule has 0 fully saturated rings. The minimum Gasteiger partial charge on any atom is -0.329 e. The lowest BCUT2D eigenvalue weighted by atomic mass is 10.1. The maximum atomic E-state index is 5.67. The molecule has 0 saturated heterocycles. The lowest BCUT2D eigenvalue weighted by Gasteiger charge is -2.15. The zero-order valence-electron chi connectivity index (χ0n) is 8.38. The van der Waals surface area contributed by atoms with E-state index in [0.717, 1.165) is 6.54 Å². The van der Waals surface area contributed by atoms with Crippen LogP contribution in [0.25, 0.3) is 0 Å². The van der Waals surface area contributed by atoms with Crippen LogP contribution in [0.4, 0.5) is 0 Å². The number of hydrogen-bond donors (Lipinski definition) is 2. The van der Waals surface area contributed by atoms with E-state index >= 15 is 0 Å². The Hall–Kier alpha value is -0.860. The van der Waals surface area contributed by atoms with Gasteiger partial charge in [0.1, 0.15) is 0 Å². The third-order valence-electron chi connectivity index (χ3n) is 2.17. The van der Waals surface area contributed by atoms with Gasteiger partial charge in [0.05, 0.1) is 0 Å². The molecule has 0 aliphatic heterocycles. The number of rotatable bonds is 4. The fraction of sp³-hybridized carbons (Fsp3) is 0.455. The first-order chi connectivity index (χ1) is 6.27. The average molecular weight is 178 g/mol. The second-order valence-corrected chi connectivity index (χ2v) is 3.26. The molecular weight excluding hydrogens is 160 g/mol. The molecule has 0 bridgehead atoms. The quantitative estimate of drug-likeness (QED) is 0.735. The normalized spacial score (nSPS) is 12.8. The Morgan fingerprint density at radius 3 is 2.38 bits per heavy atom. The first-order valence-electron chi connectivity index (χ1n) is 4.78. The predicted molar refractivity (Wildman–Crippen MR) is 56.7 cm³/mol. The molecule has 0 aromatic heterocycles. The van der Waals surface area contributed by atoms with Crippen molar-refractivity contribution in [1.82, 2.24) is 5.32 Å². The van der Waals surface area contributed by atoms with Crippen molar-refractivity contribution in [2.45, 2.75) is 19.9 Å². The summed E-state index contributed by atoms with van der Waals surface area (Å²) in [6, 6.07) is 8.81. The van der Waals surface area contributed by atoms with Crippen molar-refractivity contribution in [3.8, 4) is 0 Å². The zero-order valence-corrected chi connectivity index (χ0v) is 8.38. The van der Waals surface area contributed by atoms with Crippen LogP contribution in [0.1, 0.15) is 24.1 Å². The predicted octanol–water partition coefficient (Wildman–Crippen LogP) is 1.60. The molecule has 1 aromatic rings. The molecule has 0 aliphatic carbocycles. The van der Waals surface area contributed by atoms with Crippen molar-refractivity contribution >= 4 is 0 Å². The SMILES string of the molecule is CCNC(CN)c1ccc(C)cc1. The van der Waals surface area contributed by atoms with Crippen molar-refractivity contribution in [1.29, 1.82) is 0 Å². The fourth-order valence-electron chi connectivity index (χ4n) is 1.38. The summed E-state index contributed by atoms with van der Waals surface area (Å²) in [5.74, 6) is 0. The lowest BCUT2D eigenvalue weighted by Crippen LogP contribution is -2.27. The highest BCUT2D eigenvalue weighted by Crippen LogP contribution is 2.11. The standard InChI is InChI=1S/C11H18N2/c1-3-13-11(8-12)10-6-4-9(2)5-7-10/h4-7,11,13H,3,8,12H2,1-2H3. The van der Waals surface area contributed by atoms with Gasteiger partial charge in [-0.25, -0.2) is 0 Å². The summed E-state index contributed by atoms with van der Waals surface area (Å²) in [7, 11) is 0. The van der Waals surface area contributed by atoms with Crippen LogP contribution in [0, 0.1) is 6.92 Å². The second kappa shape index (κ2) is 5.00. The maximum absolute atomic E-state index is 5.67. The molecule has 1 rings (SSSR count). The molecule has 0 aliphatic rings. The van der Waals surface area contributed by atoms with Gasteiger partial charge in [0.2, 0.25) is 0 Å². The maximum Gasteiger partial charge on any atom is 0.0444 e. The van der Waals surface area contributed by atoms with Crippen molar-refractivity contribution in [3.63, 3.8) is 0 Å². The van der Waals surface area contributed by atoms with Crippen LogP contribution < -0.4 is 11.1 Å². The van der Waals surface area contributed by atoms with Crippen LogP contribution in [-0.4, -0.2) is 13.1 Å². The summed E-state index contributed by atoms with van der Waals surface area (Å²) < 4.78 is 0. The Kier molecular flexibility index (Phi) is 3.93. The van der Waals surface area contributed by atoms with Crippen molar-refractivity contribution in [2.75, 3.05) is 13.1 Å². The van der Waals surface area contributed by atoms with Gasteiger partial charge in [0, 0.05) is 12.6 Å². The molecule has 1 atom stereocenters. The van der Waals surface area contributed by atoms with E-state index in [0.29, 0.717) is 12.6 Å². The smallest absolute Gasteiger partial charge is 0.0444 e. The van der Waals surface area contributed by atoms with Crippen LogP contribution in [0.5, 0.6) is 0 Å². The van der Waals surface area contributed by atoms with Crippen molar-refractivity contribution < 1.29 is 0 Å². The molecule has 0 amide bonds. The summed E-state index contributed by atoms with van der Waals surface area (Å²) in [6.45, 7) is 5.79. The van der Waals surface area contributed by atoms with Crippen LogP contribution in [0.3, 0.4) is 0 Å². The number of aryl methyl sites for hydroxylation is 1. The highest BCUT2D eigenvalue weighted by molar-refractivity contribution is 5.24. The van der Waals surface area contributed by atoms with Crippen LogP contribution >= 0.6 is 0 Å². The molecule has 13 heavy (non-hydrogen) atoms. The van der Waals surface area contributed by atoms with Gasteiger partial charge in [-0.1, -0.05) is 36.8 Å². The molecule has 1 unspecified atom stereocenters. The summed E-state index contributed by atoms with van der Waals surface area (Å²) in [5, 5.41) is 3.34. The second-order valence-electron chi connectivity index (χ2n) is 3.26. The monoisotopic (exact) mass is 178 g/mol. The van der Waals surface area contributed by atoms with Gasteiger partial charge in [-0.15, -0.1) is 0 Å². The Bertz CT molecular complexity index is 241. The molecule has 1 aromatic carbocycles. The van der Waals surface area contributed by atoms with E-state index in [1.807, 2.05) is 0 Å². The third-order valence-corrected chi connectivity index (χ3v) is 2.17. The molecule has 0 saturated carbocycles. The minimum absolute atomic E-state index is 0.297. The lowest BCUT2D eigenvalue weighted by molar-refractivity contribution is 0.562. The Labute approximate surface area is 80.1 Å². The van der Waals surface area contributed by atoms with Gasteiger partial charge < -0.3 is 11.1 Å². The molecule has 0 heterocycles. The number of hydrogen-bond acceptors (Lipinski definition) is 2. The van der Waals surface area contributed by atoms with Gasteiger partial charge in [-0.05, 0) is 19.0 Å². The first kappa shape index (κ1) is 10.2. The van der Waals surface area contributed by atoms with E-state index in [1.54, 1.807) is 0 Å². The molecule has 3 N–H and O–H groups in total. The van der Waals surface area contributed by atoms with Crippen LogP contribution in [-0.2, 0) is 0 Å². The summed E-state index contributed by atoms with van der Waals surface area (Å²) in [6.07, 6.45) is 0. The van der Waals surface area contributed by atoms with E-state index in [4.69, 9.17) is 5.73 Å². The van der Waals surface area contributed by atoms with E-state index in [-0.39, 0.29) is 0 Å². The highest BCUT2D eigenvalue weighted by Gasteiger charge is 2.06. The highest BCUT2D eigenvalue weighted by atomic mass is 14.9. The number of benzene rings is 1. The summed E-state index contributed by atoms with van der Waals surface area (Å²) >= 11 is 0. The van der Waals surface area contributed by atoms with Crippen molar-refractivity contribution in [3.05, 3.63) is 35.4 Å². The minimum atomic E-state index is 0.297. The average Bonchev–Trinajstić information content (AvgIpc) is 2.16. The van der Waals surface area contributed by atoms with Gasteiger partial charge in [0.25, 0.3) is 0 Å². The largest absolute Gasteiger partial charge is 0.329 e. The van der Waals surface area contributed by atoms with Gasteiger partial charge in [-0.2, -0.15) is 0 Å². The van der Waals surface area contributed by atoms with Gasteiger partial charge in [-0.3, -0.25) is 0 Å². The molecule has 2 nitrogen and oxygen atoms in total. The summed E-state index contributed by atoms with van der Waals surface area (Å²) in [5.41, 5.74) is 8.23. The van der Waals surface area contributed by atoms with Crippen molar-refractivity contribution in [2.24, 2.45) is 5.73 Å². The zero-order chi connectivity index (χ0) is 9.68. The van der Waals surface area contributed by atoms with E-state index < -0.39 is 0 Å².